The largest absolute Gasteiger partial charge is 0.0693 e. The van der Waals surface area contributed by atoms with E-state index in [4.69, 9.17) is 0 Å². The smallest absolute Gasteiger partial charge is 0.0473 e. The molecule has 0 spiro atoms. The van der Waals surface area contributed by atoms with Crippen LogP contribution in [0.5, 0.6) is 0 Å². The molecule has 0 nitrogen and oxygen atoms in total. The molecule has 1 heteroatoms. The summed E-state index contributed by atoms with van der Waals surface area (Å²) in [6.45, 7) is 7.45. The van der Waals surface area contributed by atoms with E-state index in [0.29, 0.717) is 0 Å². The highest BCUT2D eigenvalue weighted by atomic mass is 28.3. The second kappa shape index (κ2) is 2.45. The predicted octanol–water partition coefficient (Wildman–Crippen LogP) is 3.12. The standard InChI is InChI=1S/C8H18Si/c1-8-4-6-9(2,3)7-5-8/h8H,4-7H2,1-3H3. The van der Waals surface area contributed by atoms with E-state index in [2.05, 4.69) is 20.0 Å². The van der Waals surface area contributed by atoms with Gasteiger partial charge in [0.25, 0.3) is 0 Å². The van der Waals surface area contributed by atoms with Crippen molar-refractivity contribution in [3.63, 3.8) is 0 Å². The van der Waals surface area contributed by atoms with Gasteiger partial charge in [-0.05, 0) is 5.92 Å². The molecule has 1 heterocycles. The van der Waals surface area contributed by atoms with Gasteiger partial charge in [0, 0.05) is 8.07 Å². The van der Waals surface area contributed by atoms with Crippen molar-refractivity contribution in [2.75, 3.05) is 0 Å². The fraction of sp³-hybridized carbons (Fsp3) is 1.00. The third kappa shape index (κ3) is 2.13. The molecule has 1 fully saturated rings. The van der Waals surface area contributed by atoms with E-state index in [0.717, 1.165) is 5.92 Å². The predicted molar refractivity (Wildman–Crippen MR) is 45.5 cm³/mol. The lowest BCUT2D eigenvalue weighted by Crippen LogP contribution is -2.30. The van der Waals surface area contributed by atoms with Crippen LogP contribution in [0.1, 0.15) is 19.8 Å². The summed E-state index contributed by atoms with van der Waals surface area (Å²) in [6, 6.07) is 3.16. The highest BCUT2D eigenvalue weighted by molar-refractivity contribution is 6.77. The van der Waals surface area contributed by atoms with Crippen molar-refractivity contribution in [2.24, 2.45) is 5.92 Å². The van der Waals surface area contributed by atoms with Crippen molar-refractivity contribution in [3.8, 4) is 0 Å². The summed E-state index contributed by atoms with van der Waals surface area (Å²) in [5.74, 6) is 1.03. The van der Waals surface area contributed by atoms with Crippen LogP contribution in [-0.2, 0) is 0 Å². The van der Waals surface area contributed by atoms with Crippen molar-refractivity contribution in [1.82, 2.24) is 0 Å². The first-order valence-corrected chi connectivity index (χ1v) is 7.52. The van der Waals surface area contributed by atoms with Gasteiger partial charge in [0.15, 0.2) is 0 Å². The molecule has 1 rings (SSSR count). The topological polar surface area (TPSA) is 0 Å². The monoisotopic (exact) mass is 142 g/mol. The number of hydrogen-bond donors (Lipinski definition) is 0. The Morgan fingerprint density at radius 3 is 1.89 bits per heavy atom. The maximum absolute atomic E-state index is 2.53. The molecule has 0 aromatic heterocycles. The van der Waals surface area contributed by atoms with E-state index >= 15 is 0 Å². The maximum Gasteiger partial charge on any atom is 0.0473 e. The Morgan fingerprint density at radius 2 is 1.56 bits per heavy atom. The lowest BCUT2D eigenvalue weighted by Gasteiger charge is -2.30. The van der Waals surface area contributed by atoms with Crippen LogP contribution in [0.3, 0.4) is 0 Å². The van der Waals surface area contributed by atoms with Crippen LogP contribution in [0.15, 0.2) is 0 Å². The van der Waals surface area contributed by atoms with E-state index < -0.39 is 8.07 Å². The Labute approximate surface area is 59.7 Å². The Balaban J connectivity index is 2.35. The van der Waals surface area contributed by atoms with Crippen molar-refractivity contribution in [1.29, 1.82) is 0 Å². The minimum atomic E-state index is -0.632. The molecule has 0 unspecified atom stereocenters. The fourth-order valence-electron chi connectivity index (χ4n) is 1.54. The van der Waals surface area contributed by atoms with Gasteiger partial charge in [-0.15, -0.1) is 0 Å². The minimum absolute atomic E-state index is 0.632. The molecule has 0 amide bonds. The number of hydrogen-bond acceptors (Lipinski definition) is 0. The van der Waals surface area contributed by atoms with Gasteiger partial charge >= 0.3 is 0 Å². The first kappa shape index (κ1) is 7.33. The Bertz CT molecular complexity index is 86.7. The molecule has 1 aliphatic heterocycles. The van der Waals surface area contributed by atoms with Gasteiger partial charge in [-0.3, -0.25) is 0 Å². The second-order valence-corrected chi connectivity index (χ2v) is 9.68. The van der Waals surface area contributed by atoms with Crippen molar-refractivity contribution >= 4 is 8.07 Å². The van der Waals surface area contributed by atoms with E-state index in [-0.39, 0.29) is 0 Å². The second-order valence-electron chi connectivity index (χ2n) is 4.35. The molecule has 0 radical (unpaired) electrons. The van der Waals surface area contributed by atoms with Gasteiger partial charge in [-0.2, -0.15) is 0 Å². The van der Waals surface area contributed by atoms with Crippen molar-refractivity contribution in [3.05, 3.63) is 0 Å². The molecule has 9 heavy (non-hydrogen) atoms. The summed E-state index contributed by atoms with van der Waals surface area (Å²) in [5.41, 5.74) is 0. The van der Waals surface area contributed by atoms with Gasteiger partial charge in [0.1, 0.15) is 0 Å². The molecule has 0 N–H and O–H groups in total. The van der Waals surface area contributed by atoms with Crippen LogP contribution in [0.4, 0.5) is 0 Å². The molecule has 0 saturated carbocycles. The lowest BCUT2D eigenvalue weighted by atomic mass is 10.1. The van der Waals surface area contributed by atoms with Crippen LogP contribution in [0, 0.1) is 5.92 Å². The maximum atomic E-state index is 2.53. The van der Waals surface area contributed by atoms with Gasteiger partial charge < -0.3 is 0 Å². The molecule has 0 bridgehead atoms. The minimum Gasteiger partial charge on any atom is -0.0693 e. The summed E-state index contributed by atoms with van der Waals surface area (Å²) >= 11 is 0. The summed E-state index contributed by atoms with van der Waals surface area (Å²) in [4.78, 5) is 0. The van der Waals surface area contributed by atoms with Gasteiger partial charge in [0.05, 0.1) is 0 Å². The fourth-order valence-corrected chi connectivity index (χ4v) is 4.34. The van der Waals surface area contributed by atoms with Crippen LogP contribution in [0.2, 0.25) is 25.2 Å². The van der Waals surface area contributed by atoms with Crippen LogP contribution < -0.4 is 0 Å². The van der Waals surface area contributed by atoms with Crippen LogP contribution in [0.25, 0.3) is 0 Å². The summed E-state index contributed by atoms with van der Waals surface area (Å²) in [6.07, 6.45) is 3.03. The molecule has 54 valence electrons. The van der Waals surface area contributed by atoms with Crippen molar-refractivity contribution < 1.29 is 0 Å². The van der Waals surface area contributed by atoms with E-state index in [9.17, 15) is 0 Å². The normalized spacial score (nSPS) is 28.3. The first-order chi connectivity index (χ1) is 4.10. The zero-order valence-electron chi connectivity index (χ0n) is 6.91. The van der Waals surface area contributed by atoms with Gasteiger partial charge in [-0.1, -0.05) is 44.9 Å². The Hall–Kier alpha value is 0.217. The quantitative estimate of drug-likeness (QED) is 0.456. The molecular formula is C8H18Si. The van der Waals surface area contributed by atoms with E-state index in [1.165, 1.54) is 12.8 Å². The molecule has 0 atom stereocenters. The molecule has 1 saturated heterocycles. The van der Waals surface area contributed by atoms with Crippen LogP contribution in [-0.4, -0.2) is 8.07 Å². The van der Waals surface area contributed by atoms with E-state index in [1.54, 1.807) is 12.1 Å². The van der Waals surface area contributed by atoms with Crippen molar-refractivity contribution in [2.45, 2.75) is 44.9 Å². The Morgan fingerprint density at radius 1 is 1.11 bits per heavy atom. The highest BCUT2D eigenvalue weighted by Crippen LogP contribution is 2.31. The third-order valence-electron chi connectivity index (χ3n) is 2.63. The number of rotatable bonds is 0. The highest BCUT2D eigenvalue weighted by Gasteiger charge is 2.25. The summed E-state index contributed by atoms with van der Waals surface area (Å²) < 4.78 is 0. The zero-order valence-corrected chi connectivity index (χ0v) is 7.91. The average Bonchev–Trinajstić information content (AvgIpc) is 1.78. The summed E-state index contributed by atoms with van der Waals surface area (Å²) in [7, 11) is -0.632. The lowest BCUT2D eigenvalue weighted by molar-refractivity contribution is 0.513. The summed E-state index contributed by atoms with van der Waals surface area (Å²) in [5, 5.41) is 0. The molecular weight excluding hydrogens is 124 g/mol. The van der Waals surface area contributed by atoms with Gasteiger partial charge in [-0.25, -0.2) is 0 Å². The molecule has 1 aliphatic rings. The molecule has 0 aliphatic carbocycles. The third-order valence-corrected chi connectivity index (χ3v) is 5.91. The molecule has 0 aromatic rings. The first-order valence-electron chi connectivity index (χ1n) is 4.10. The zero-order chi connectivity index (χ0) is 6.91. The SMILES string of the molecule is CC1CC[Si](C)(C)CC1. The van der Waals surface area contributed by atoms with Crippen LogP contribution >= 0.6 is 0 Å². The van der Waals surface area contributed by atoms with Gasteiger partial charge in [0.2, 0.25) is 0 Å². The average molecular weight is 142 g/mol. The Kier molecular flexibility index (Phi) is 1.99. The van der Waals surface area contributed by atoms with E-state index in [1.807, 2.05) is 0 Å². The molecule has 0 aromatic carbocycles.